The van der Waals surface area contributed by atoms with E-state index < -0.39 is 0 Å². The molecule has 1 unspecified atom stereocenters. The molecule has 0 saturated heterocycles. The van der Waals surface area contributed by atoms with Crippen LogP contribution in [0, 0.1) is 0 Å². The quantitative estimate of drug-likeness (QED) is 0.775. The van der Waals surface area contributed by atoms with Gasteiger partial charge in [0.05, 0.1) is 6.04 Å². The van der Waals surface area contributed by atoms with Crippen molar-refractivity contribution in [1.82, 2.24) is 15.3 Å². The molecule has 2 aromatic heterocycles. The zero-order chi connectivity index (χ0) is 12.3. The number of nitrogens with one attached hydrogen (secondary N) is 2. The number of thiazole rings is 1. The third-order valence-electron chi connectivity index (χ3n) is 2.41. The summed E-state index contributed by atoms with van der Waals surface area (Å²) in [6, 6.07) is 1.57. The SMILES string of the molecule is CCC(NC(=O)c1cc(N)c[nH]1)c1nccs1. The van der Waals surface area contributed by atoms with Gasteiger partial charge in [0.1, 0.15) is 10.7 Å². The molecule has 6 heteroatoms. The number of hydrogen-bond acceptors (Lipinski definition) is 4. The molecule has 2 aromatic rings. The third-order valence-corrected chi connectivity index (χ3v) is 3.30. The van der Waals surface area contributed by atoms with Crippen LogP contribution in [0.25, 0.3) is 0 Å². The molecule has 2 rings (SSSR count). The fraction of sp³-hybridized carbons (Fsp3) is 0.273. The molecule has 4 N–H and O–H groups in total. The summed E-state index contributed by atoms with van der Waals surface area (Å²) in [5, 5.41) is 5.74. The van der Waals surface area contributed by atoms with Crippen LogP contribution in [0.15, 0.2) is 23.8 Å². The smallest absolute Gasteiger partial charge is 0.268 e. The van der Waals surface area contributed by atoms with Gasteiger partial charge in [0.15, 0.2) is 0 Å². The van der Waals surface area contributed by atoms with Crippen LogP contribution in [0.4, 0.5) is 5.69 Å². The van der Waals surface area contributed by atoms with Gasteiger partial charge < -0.3 is 16.0 Å². The van der Waals surface area contributed by atoms with Gasteiger partial charge in [-0.3, -0.25) is 4.79 Å². The number of carbonyl (C=O) groups is 1. The number of aromatic nitrogens is 2. The maximum Gasteiger partial charge on any atom is 0.268 e. The summed E-state index contributed by atoms with van der Waals surface area (Å²) in [5.74, 6) is -0.163. The second-order valence-electron chi connectivity index (χ2n) is 3.65. The van der Waals surface area contributed by atoms with Crippen molar-refractivity contribution in [3.63, 3.8) is 0 Å². The van der Waals surface area contributed by atoms with Crippen molar-refractivity contribution < 1.29 is 4.79 Å². The summed E-state index contributed by atoms with van der Waals surface area (Å²) in [6.45, 7) is 2.01. The van der Waals surface area contributed by atoms with E-state index in [2.05, 4.69) is 15.3 Å². The summed E-state index contributed by atoms with van der Waals surface area (Å²) >= 11 is 1.54. The van der Waals surface area contributed by atoms with Crippen molar-refractivity contribution in [1.29, 1.82) is 0 Å². The predicted octanol–water partition coefficient (Wildman–Crippen LogP) is 1.93. The maximum absolute atomic E-state index is 11.9. The monoisotopic (exact) mass is 250 g/mol. The van der Waals surface area contributed by atoms with Crippen molar-refractivity contribution in [3.8, 4) is 0 Å². The fourth-order valence-corrected chi connectivity index (χ4v) is 2.30. The number of amides is 1. The lowest BCUT2D eigenvalue weighted by molar-refractivity contribution is 0.0931. The fourth-order valence-electron chi connectivity index (χ4n) is 1.52. The number of nitrogen functional groups attached to an aromatic ring is 1. The number of anilines is 1. The first kappa shape index (κ1) is 11.7. The van der Waals surface area contributed by atoms with E-state index in [1.165, 1.54) is 11.3 Å². The Morgan fingerprint density at radius 3 is 3.06 bits per heavy atom. The predicted molar refractivity (Wildman–Crippen MR) is 67.8 cm³/mol. The molecule has 1 amide bonds. The van der Waals surface area contributed by atoms with Crippen LogP contribution in [0.3, 0.4) is 0 Å². The normalized spacial score (nSPS) is 12.3. The molecule has 1 atom stereocenters. The minimum absolute atomic E-state index is 0.0491. The van der Waals surface area contributed by atoms with Gasteiger partial charge in [-0.1, -0.05) is 6.92 Å². The first-order chi connectivity index (χ1) is 8.20. The second kappa shape index (κ2) is 5.01. The van der Waals surface area contributed by atoms with Crippen molar-refractivity contribution in [3.05, 3.63) is 34.5 Å². The molecule has 2 heterocycles. The molecule has 17 heavy (non-hydrogen) atoms. The van der Waals surface area contributed by atoms with Crippen LogP contribution in [0.2, 0.25) is 0 Å². The van der Waals surface area contributed by atoms with E-state index in [4.69, 9.17) is 5.73 Å². The van der Waals surface area contributed by atoms with Gasteiger partial charge in [-0.15, -0.1) is 11.3 Å². The molecule has 0 aromatic carbocycles. The number of nitrogens with zero attached hydrogens (tertiary/aromatic N) is 1. The van der Waals surface area contributed by atoms with Gasteiger partial charge in [0.25, 0.3) is 5.91 Å². The zero-order valence-electron chi connectivity index (χ0n) is 9.43. The number of rotatable bonds is 4. The molecule has 5 nitrogen and oxygen atoms in total. The molecule has 0 bridgehead atoms. The molecule has 0 saturated carbocycles. The standard InChI is InChI=1S/C11H14N4OS/c1-2-8(11-13-3-4-17-11)15-10(16)9-5-7(12)6-14-9/h3-6,8,14H,2,12H2,1H3,(H,15,16). The molecule has 0 aliphatic heterocycles. The molecular weight excluding hydrogens is 236 g/mol. The van der Waals surface area contributed by atoms with Gasteiger partial charge in [-0.2, -0.15) is 0 Å². The minimum atomic E-state index is -0.163. The van der Waals surface area contributed by atoms with Gasteiger partial charge in [0, 0.05) is 23.5 Å². The average molecular weight is 250 g/mol. The van der Waals surface area contributed by atoms with E-state index in [0.29, 0.717) is 11.4 Å². The van der Waals surface area contributed by atoms with Crippen LogP contribution in [-0.2, 0) is 0 Å². The van der Waals surface area contributed by atoms with Crippen molar-refractivity contribution >= 4 is 22.9 Å². The first-order valence-electron chi connectivity index (χ1n) is 5.35. The Bertz CT molecular complexity index is 491. The number of H-pyrrole nitrogens is 1. The Morgan fingerprint density at radius 1 is 1.71 bits per heavy atom. The molecule has 0 aliphatic rings. The van der Waals surface area contributed by atoms with E-state index in [1.54, 1.807) is 18.5 Å². The van der Waals surface area contributed by atoms with Crippen LogP contribution in [0.5, 0.6) is 0 Å². The first-order valence-corrected chi connectivity index (χ1v) is 6.22. The lowest BCUT2D eigenvalue weighted by atomic mass is 10.2. The van der Waals surface area contributed by atoms with Gasteiger partial charge in [0.2, 0.25) is 0 Å². The number of aromatic amines is 1. The number of carbonyl (C=O) groups excluding carboxylic acids is 1. The van der Waals surface area contributed by atoms with E-state index in [-0.39, 0.29) is 11.9 Å². The Labute approximate surface area is 103 Å². The third kappa shape index (κ3) is 2.65. The maximum atomic E-state index is 11.9. The van der Waals surface area contributed by atoms with Crippen LogP contribution in [-0.4, -0.2) is 15.9 Å². The average Bonchev–Trinajstić information content (AvgIpc) is 2.96. The lowest BCUT2D eigenvalue weighted by Gasteiger charge is -2.13. The van der Waals surface area contributed by atoms with Crippen molar-refractivity contribution in [2.75, 3.05) is 5.73 Å². The second-order valence-corrected chi connectivity index (χ2v) is 4.58. The van der Waals surface area contributed by atoms with Crippen LogP contribution in [0.1, 0.15) is 34.9 Å². The number of hydrogen-bond donors (Lipinski definition) is 3. The highest BCUT2D eigenvalue weighted by molar-refractivity contribution is 7.09. The molecule has 0 spiro atoms. The van der Waals surface area contributed by atoms with Crippen molar-refractivity contribution in [2.24, 2.45) is 0 Å². The van der Waals surface area contributed by atoms with Crippen molar-refractivity contribution in [2.45, 2.75) is 19.4 Å². The molecule has 0 radical (unpaired) electrons. The van der Waals surface area contributed by atoms with E-state index in [9.17, 15) is 4.79 Å². The minimum Gasteiger partial charge on any atom is -0.397 e. The summed E-state index contributed by atoms with van der Waals surface area (Å²) in [7, 11) is 0. The topological polar surface area (TPSA) is 83.8 Å². The highest BCUT2D eigenvalue weighted by atomic mass is 32.1. The molecule has 0 aliphatic carbocycles. The zero-order valence-corrected chi connectivity index (χ0v) is 10.3. The van der Waals surface area contributed by atoms with E-state index in [1.807, 2.05) is 12.3 Å². The van der Waals surface area contributed by atoms with Gasteiger partial charge in [-0.25, -0.2) is 4.98 Å². The largest absolute Gasteiger partial charge is 0.397 e. The Hall–Kier alpha value is -1.82. The van der Waals surface area contributed by atoms with Gasteiger partial charge in [-0.05, 0) is 12.5 Å². The van der Waals surface area contributed by atoms with Crippen LogP contribution >= 0.6 is 11.3 Å². The van der Waals surface area contributed by atoms with E-state index >= 15 is 0 Å². The summed E-state index contributed by atoms with van der Waals surface area (Å²) in [4.78, 5) is 18.9. The summed E-state index contributed by atoms with van der Waals surface area (Å²) in [6.07, 6.45) is 4.14. The highest BCUT2D eigenvalue weighted by Gasteiger charge is 2.16. The highest BCUT2D eigenvalue weighted by Crippen LogP contribution is 2.19. The lowest BCUT2D eigenvalue weighted by Crippen LogP contribution is -2.28. The van der Waals surface area contributed by atoms with E-state index in [0.717, 1.165) is 11.4 Å². The summed E-state index contributed by atoms with van der Waals surface area (Å²) < 4.78 is 0. The van der Waals surface area contributed by atoms with Gasteiger partial charge >= 0.3 is 0 Å². The Morgan fingerprint density at radius 2 is 2.53 bits per heavy atom. The van der Waals surface area contributed by atoms with Crippen LogP contribution < -0.4 is 11.1 Å². The Balaban J connectivity index is 2.07. The molecule has 90 valence electrons. The number of nitrogens with two attached hydrogens (primary N) is 1. The molecular formula is C11H14N4OS. The Kier molecular flexibility index (Phi) is 3.43. The molecule has 0 fully saturated rings. The summed E-state index contributed by atoms with van der Waals surface area (Å²) in [5.41, 5.74) is 6.58.